The lowest BCUT2D eigenvalue weighted by Crippen LogP contribution is -2.21. The highest BCUT2D eigenvalue weighted by atomic mass is 79.9. The van der Waals surface area contributed by atoms with E-state index in [0.29, 0.717) is 4.83 Å². The van der Waals surface area contributed by atoms with Crippen LogP contribution in [-0.2, 0) is 13.6 Å². The molecule has 15 heavy (non-hydrogen) atoms. The second-order valence-corrected chi connectivity index (χ2v) is 5.76. The Bertz CT molecular complexity index is 364. The van der Waals surface area contributed by atoms with Crippen LogP contribution < -0.4 is 0 Å². The molecule has 2 rings (SSSR count). The summed E-state index contributed by atoms with van der Waals surface area (Å²) in [4.78, 5) is 3.03. The van der Waals surface area contributed by atoms with Gasteiger partial charge in [-0.15, -0.1) is 0 Å². The van der Waals surface area contributed by atoms with Gasteiger partial charge in [0.05, 0.1) is 16.4 Å². The average molecular weight is 293 g/mol. The molecule has 3 nitrogen and oxygen atoms in total. The number of hydrogen-bond acceptors (Lipinski definition) is 2. The Hall–Kier alpha value is -0.0600. The summed E-state index contributed by atoms with van der Waals surface area (Å²) in [5.74, 6) is 0. The lowest BCUT2D eigenvalue weighted by atomic mass is 10.3. The van der Waals surface area contributed by atoms with Gasteiger partial charge in [0.25, 0.3) is 0 Å². The zero-order valence-electron chi connectivity index (χ0n) is 9.00. The first-order valence-corrected chi connectivity index (χ1v) is 6.41. The Kier molecular flexibility index (Phi) is 3.38. The third-order valence-corrected chi connectivity index (χ3v) is 4.09. The lowest BCUT2D eigenvalue weighted by Gasteiger charge is -2.15. The van der Waals surface area contributed by atoms with Crippen molar-refractivity contribution < 1.29 is 0 Å². The zero-order chi connectivity index (χ0) is 11.0. The van der Waals surface area contributed by atoms with E-state index in [1.54, 1.807) is 0 Å². The first-order chi connectivity index (χ1) is 7.08. The molecule has 0 spiro atoms. The van der Waals surface area contributed by atoms with Crippen molar-refractivity contribution in [3.8, 4) is 0 Å². The van der Waals surface area contributed by atoms with Crippen LogP contribution in [0.25, 0.3) is 0 Å². The number of hydrogen-bond donors (Lipinski definition) is 0. The minimum atomic E-state index is 0.630. The average Bonchev–Trinajstić information content (AvgIpc) is 2.67. The second-order valence-electron chi connectivity index (χ2n) is 4.09. The van der Waals surface area contributed by atoms with Gasteiger partial charge in [0.2, 0.25) is 0 Å². The summed E-state index contributed by atoms with van der Waals surface area (Å²) < 4.78 is 1.89. The van der Waals surface area contributed by atoms with Crippen LogP contribution in [0, 0.1) is 6.92 Å². The van der Waals surface area contributed by atoms with Crippen molar-refractivity contribution in [3.05, 3.63) is 16.4 Å². The van der Waals surface area contributed by atoms with E-state index in [1.807, 2.05) is 18.7 Å². The Morgan fingerprint density at radius 1 is 1.60 bits per heavy atom. The molecular weight excluding hydrogens is 277 g/mol. The van der Waals surface area contributed by atoms with Crippen molar-refractivity contribution in [2.24, 2.45) is 7.05 Å². The molecule has 0 N–H and O–H groups in total. The topological polar surface area (TPSA) is 21.1 Å². The van der Waals surface area contributed by atoms with Gasteiger partial charge in [-0.25, -0.2) is 0 Å². The van der Waals surface area contributed by atoms with Crippen LogP contribution in [0.4, 0.5) is 0 Å². The number of aromatic nitrogens is 2. The van der Waals surface area contributed by atoms with Crippen LogP contribution in [0.1, 0.15) is 17.8 Å². The van der Waals surface area contributed by atoms with Gasteiger partial charge >= 0.3 is 0 Å². The second kappa shape index (κ2) is 4.44. The van der Waals surface area contributed by atoms with Gasteiger partial charge in [-0.2, -0.15) is 5.10 Å². The van der Waals surface area contributed by atoms with Crippen LogP contribution in [0.15, 0.2) is 0 Å². The van der Waals surface area contributed by atoms with E-state index in [0.717, 1.165) is 36.0 Å². The SMILES string of the molecule is Cc1nn(C)c(CN2CCC(Br)C2)c1Cl. The van der Waals surface area contributed by atoms with Gasteiger partial charge in [-0.05, 0) is 19.9 Å². The highest BCUT2D eigenvalue weighted by molar-refractivity contribution is 9.09. The highest BCUT2D eigenvalue weighted by Gasteiger charge is 2.22. The van der Waals surface area contributed by atoms with Crippen molar-refractivity contribution in [3.63, 3.8) is 0 Å². The van der Waals surface area contributed by atoms with E-state index < -0.39 is 0 Å². The maximum atomic E-state index is 6.21. The minimum absolute atomic E-state index is 0.630. The summed E-state index contributed by atoms with van der Waals surface area (Å²) in [7, 11) is 1.95. The number of alkyl halides is 1. The van der Waals surface area contributed by atoms with E-state index in [4.69, 9.17) is 11.6 Å². The van der Waals surface area contributed by atoms with Crippen LogP contribution in [0.3, 0.4) is 0 Å². The van der Waals surface area contributed by atoms with Crippen molar-refractivity contribution in [1.82, 2.24) is 14.7 Å². The largest absolute Gasteiger partial charge is 0.296 e. The predicted molar refractivity (Wildman–Crippen MR) is 65.6 cm³/mol. The highest BCUT2D eigenvalue weighted by Crippen LogP contribution is 2.24. The van der Waals surface area contributed by atoms with Crippen LogP contribution in [0.5, 0.6) is 0 Å². The number of nitrogens with zero attached hydrogens (tertiary/aromatic N) is 3. The molecule has 0 amide bonds. The zero-order valence-corrected chi connectivity index (χ0v) is 11.3. The molecule has 1 saturated heterocycles. The molecule has 1 aliphatic heterocycles. The van der Waals surface area contributed by atoms with Crippen molar-refractivity contribution in [1.29, 1.82) is 0 Å². The summed E-state index contributed by atoms with van der Waals surface area (Å²) in [6.07, 6.45) is 1.22. The van der Waals surface area contributed by atoms with Gasteiger partial charge < -0.3 is 0 Å². The molecular formula is C10H15BrClN3. The molecule has 0 aliphatic carbocycles. The molecule has 1 atom stereocenters. The van der Waals surface area contributed by atoms with Gasteiger partial charge in [-0.3, -0.25) is 9.58 Å². The number of halogens is 2. The third kappa shape index (κ3) is 2.37. The van der Waals surface area contributed by atoms with E-state index >= 15 is 0 Å². The Morgan fingerprint density at radius 3 is 2.80 bits per heavy atom. The van der Waals surface area contributed by atoms with Gasteiger partial charge in [0.1, 0.15) is 0 Å². The van der Waals surface area contributed by atoms with Crippen LogP contribution >= 0.6 is 27.5 Å². The maximum absolute atomic E-state index is 6.21. The molecule has 1 aromatic heterocycles. The molecule has 1 aliphatic rings. The maximum Gasteiger partial charge on any atom is 0.0860 e. The number of rotatable bonds is 2. The molecule has 5 heteroatoms. The Morgan fingerprint density at radius 2 is 2.33 bits per heavy atom. The molecule has 2 heterocycles. The quantitative estimate of drug-likeness (QED) is 0.780. The van der Waals surface area contributed by atoms with E-state index in [9.17, 15) is 0 Å². The van der Waals surface area contributed by atoms with Gasteiger partial charge in [0.15, 0.2) is 0 Å². The van der Waals surface area contributed by atoms with Crippen molar-refractivity contribution in [2.75, 3.05) is 13.1 Å². The Labute approximate surface area is 104 Å². The molecule has 84 valence electrons. The van der Waals surface area contributed by atoms with Crippen molar-refractivity contribution >= 4 is 27.5 Å². The standard InChI is InChI=1S/C10H15BrClN3/c1-7-10(12)9(14(2)13-7)6-15-4-3-8(11)5-15/h8H,3-6H2,1-2H3. The number of likely N-dealkylation sites (tertiary alicyclic amines) is 1. The summed E-state index contributed by atoms with van der Waals surface area (Å²) in [6.45, 7) is 5.08. The summed E-state index contributed by atoms with van der Waals surface area (Å²) in [5.41, 5.74) is 2.04. The fraction of sp³-hybridized carbons (Fsp3) is 0.700. The molecule has 0 saturated carbocycles. The number of aryl methyl sites for hydroxylation is 2. The normalized spacial score (nSPS) is 22.5. The lowest BCUT2D eigenvalue weighted by molar-refractivity contribution is 0.322. The first kappa shape index (κ1) is 11.4. The minimum Gasteiger partial charge on any atom is -0.296 e. The molecule has 0 aromatic carbocycles. The van der Waals surface area contributed by atoms with Gasteiger partial charge in [0, 0.05) is 25.0 Å². The summed E-state index contributed by atoms with van der Waals surface area (Å²) >= 11 is 9.84. The van der Waals surface area contributed by atoms with E-state index in [-0.39, 0.29) is 0 Å². The Balaban J connectivity index is 2.10. The fourth-order valence-corrected chi connectivity index (χ4v) is 2.83. The molecule has 1 aromatic rings. The van der Waals surface area contributed by atoms with Crippen LogP contribution in [0.2, 0.25) is 5.02 Å². The predicted octanol–water partition coefficient (Wildman–Crippen LogP) is 2.35. The molecule has 0 bridgehead atoms. The van der Waals surface area contributed by atoms with Gasteiger partial charge in [-0.1, -0.05) is 27.5 Å². The van der Waals surface area contributed by atoms with E-state index in [2.05, 4.69) is 25.9 Å². The molecule has 0 radical (unpaired) electrons. The fourth-order valence-electron chi connectivity index (χ4n) is 1.99. The molecule has 1 fully saturated rings. The smallest absolute Gasteiger partial charge is 0.0860 e. The van der Waals surface area contributed by atoms with Crippen LogP contribution in [-0.4, -0.2) is 32.6 Å². The third-order valence-electron chi connectivity index (χ3n) is 2.85. The summed E-state index contributed by atoms with van der Waals surface area (Å²) in [5, 5.41) is 5.13. The summed E-state index contributed by atoms with van der Waals surface area (Å²) in [6, 6.07) is 0. The van der Waals surface area contributed by atoms with E-state index in [1.165, 1.54) is 6.42 Å². The monoisotopic (exact) mass is 291 g/mol. The first-order valence-electron chi connectivity index (χ1n) is 5.12. The van der Waals surface area contributed by atoms with Crippen molar-refractivity contribution in [2.45, 2.75) is 24.7 Å². The molecule has 1 unspecified atom stereocenters.